The fourth-order valence-electron chi connectivity index (χ4n) is 3.44. The topological polar surface area (TPSA) is 74.2 Å². The fraction of sp³-hybridized carbons (Fsp3) is 0.682. The quantitative estimate of drug-likeness (QED) is 0.282. The first-order valence-electron chi connectivity index (χ1n) is 10.9. The number of sulfone groups is 1. The molecule has 0 atom stereocenters. The molecule has 9 heteroatoms. The van der Waals surface area contributed by atoms with Crippen LogP contribution in [0.1, 0.15) is 40.2 Å². The van der Waals surface area contributed by atoms with Crippen LogP contribution in [0.5, 0.6) is 5.75 Å². The van der Waals surface area contributed by atoms with E-state index in [0.717, 1.165) is 43.5 Å². The highest BCUT2D eigenvalue weighted by Gasteiger charge is 2.40. The lowest BCUT2D eigenvalue weighted by Crippen LogP contribution is -2.57. The number of halogens is 1. The predicted octanol–water partition coefficient (Wildman–Crippen LogP) is 3.00. The predicted molar refractivity (Wildman–Crippen MR) is 139 cm³/mol. The number of guanidine groups is 1. The molecule has 1 aromatic rings. The summed E-state index contributed by atoms with van der Waals surface area (Å²) in [5, 5.41) is 3.30. The zero-order valence-electron chi connectivity index (χ0n) is 19.6. The minimum atomic E-state index is -3.07. The highest BCUT2D eigenvalue weighted by Crippen LogP contribution is 2.24. The molecular formula is C22H39IN4O3S. The van der Waals surface area contributed by atoms with Crippen molar-refractivity contribution < 1.29 is 13.2 Å². The molecule has 0 amide bonds. The van der Waals surface area contributed by atoms with Gasteiger partial charge in [0.15, 0.2) is 15.8 Å². The van der Waals surface area contributed by atoms with Crippen LogP contribution in [-0.4, -0.2) is 80.6 Å². The molecule has 1 aliphatic heterocycles. The van der Waals surface area contributed by atoms with E-state index in [4.69, 9.17) is 9.73 Å². The summed E-state index contributed by atoms with van der Waals surface area (Å²) >= 11 is 0. The first kappa shape index (κ1) is 28.0. The normalized spacial score (nSPS) is 17.9. The fourth-order valence-corrected chi connectivity index (χ4v) is 4.81. The number of rotatable bonds is 9. The Morgan fingerprint density at radius 2 is 1.84 bits per heavy atom. The Kier molecular flexibility index (Phi) is 11.6. The van der Waals surface area contributed by atoms with Gasteiger partial charge in [-0.3, -0.25) is 0 Å². The third-order valence-electron chi connectivity index (χ3n) is 5.58. The van der Waals surface area contributed by atoms with Crippen molar-refractivity contribution in [2.24, 2.45) is 4.99 Å². The second kappa shape index (κ2) is 12.8. The van der Waals surface area contributed by atoms with Gasteiger partial charge in [-0.15, -0.1) is 24.0 Å². The number of aliphatic imine (C=N–C) groups is 1. The smallest absolute Gasteiger partial charge is 0.194 e. The van der Waals surface area contributed by atoms with E-state index in [9.17, 15) is 8.42 Å². The number of ether oxygens (including phenoxy) is 1. The van der Waals surface area contributed by atoms with Crippen molar-refractivity contribution in [3.63, 3.8) is 0 Å². The van der Waals surface area contributed by atoms with E-state index >= 15 is 0 Å². The van der Waals surface area contributed by atoms with Gasteiger partial charge in [-0.25, -0.2) is 13.4 Å². The highest BCUT2D eigenvalue weighted by molar-refractivity contribution is 14.0. The Balaban J connectivity index is 0.00000480. The summed E-state index contributed by atoms with van der Waals surface area (Å²) in [5.74, 6) is 1.79. The summed E-state index contributed by atoms with van der Waals surface area (Å²) < 4.78 is 29.6. The number of hydrogen-bond donors (Lipinski definition) is 1. The molecule has 1 heterocycles. The van der Waals surface area contributed by atoms with E-state index in [1.54, 1.807) is 13.8 Å². The van der Waals surface area contributed by atoms with Crippen molar-refractivity contribution in [2.75, 3.05) is 51.6 Å². The van der Waals surface area contributed by atoms with Crippen molar-refractivity contribution in [3.8, 4) is 5.75 Å². The van der Waals surface area contributed by atoms with Crippen molar-refractivity contribution in [1.29, 1.82) is 0 Å². The number of hydrogen-bond acceptors (Lipinski definition) is 5. The molecule has 7 nitrogen and oxygen atoms in total. The van der Waals surface area contributed by atoms with Crippen LogP contribution in [0.2, 0.25) is 0 Å². The van der Waals surface area contributed by atoms with Crippen LogP contribution in [0.25, 0.3) is 0 Å². The summed E-state index contributed by atoms with van der Waals surface area (Å²) in [7, 11) is -3.07. The Morgan fingerprint density at radius 3 is 2.39 bits per heavy atom. The third-order valence-corrected chi connectivity index (χ3v) is 8.12. The van der Waals surface area contributed by atoms with Crippen LogP contribution in [0.4, 0.5) is 0 Å². The van der Waals surface area contributed by atoms with Crippen LogP contribution >= 0.6 is 24.0 Å². The van der Waals surface area contributed by atoms with Gasteiger partial charge in [0.2, 0.25) is 0 Å². The molecule has 178 valence electrons. The van der Waals surface area contributed by atoms with Crippen molar-refractivity contribution in [3.05, 3.63) is 29.8 Å². The largest absolute Gasteiger partial charge is 0.492 e. The van der Waals surface area contributed by atoms with Gasteiger partial charge in [-0.2, -0.15) is 0 Å². The van der Waals surface area contributed by atoms with Gasteiger partial charge in [0.05, 0.1) is 17.0 Å². The van der Waals surface area contributed by atoms with Crippen molar-refractivity contribution >= 4 is 39.8 Å². The highest BCUT2D eigenvalue weighted by atomic mass is 127. The van der Waals surface area contributed by atoms with E-state index in [-0.39, 0.29) is 29.7 Å². The summed E-state index contributed by atoms with van der Waals surface area (Å²) in [6.07, 6.45) is 0. The van der Waals surface area contributed by atoms with Crippen molar-refractivity contribution in [1.82, 2.24) is 15.1 Å². The maximum absolute atomic E-state index is 12.3. The van der Waals surface area contributed by atoms with Gasteiger partial charge >= 0.3 is 0 Å². The van der Waals surface area contributed by atoms with Gasteiger partial charge in [-0.1, -0.05) is 26.0 Å². The van der Waals surface area contributed by atoms with Crippen LogP contribution in [0.15, 0.2) is 29.3 Å². The van der Waals surface area contributed by atoms with E-state index in [2.05, 4.69) is 29.0 Å². The minimum absolute atomic E-state index is 0. The molecule has 0 spiro atoms. The van der Waals surface area contributed by atoms with Gasteiger partial charge in [0, 0.05) is 26.2 Å². The monoisotopic (exact) mass is 566 g/mol. The molecule has 0 unspecified atom stereocenters. The van der Waals surface area contributed by atoms with E-state index in [1.807, 2.05) is 31.2 Å². The average molecular weight is 567 g/mol. The summed E-state index contributed by atoms with van der Waals surface area (Å²) in [4.78, 5) is 9.13. The molecule has 2 rings (SSSR count). The molecular weight excluding hydrogens is 527 g/mol. The van der Waals surface area contributed by atoms with Gasteiger partial charge < -0.3 is 19.9 Å². The lowest BCUT2D eigenvalue weighted by Gasteiger charge is -2.39. The first-order valence-corrected chi connectivity index (χ1v) is 12.6. The molecule has 0 saturated carbocycles. The minimum Gasteiger partial charge on any atom is -0.492 e. The SMILES string of the molecule is CCNC(=NCc1ccc(OCCN(CC)CC)cc1)N1CCS(=O)(=O)C(C)(C)C1.I. The lowest BCUT2D eigenvalue weighted by atomic mass is 10.2. The summed E-state index contributed by atoms with van der Waals surface area (Å²) in [6, 6.07) is 8.03. The molecule has 1 saturated heterocycles. The number of likely N-dealkylation sites (N-methyl/N-ethyl adjacent to an activating group) is 1. The van der Waals surface area contributed by atoms with Crippen LogP contribution in [0, 0.1) is 0 Å². The zero-order valence-corrected chi connectivity index (χ0v) is 22.7. The molecule has 0 radical (unpaired) electrons. The first-order chi connectivity index (χ1) is 14.2. The van der Waals surface area contributed by atoms with E-state index in [1.165, 1.54) is 0 Å². The molecule has 0 aromatic heterocycles. The molecule has 31 heavy (non-hydrogen) atoms. The molecule has 1 N–H and O–H groups in total. The molecule has 1 fully saturated rings. The Bertz CT molecular complexity index is 793. The van der Waals surface area contributed by atoms with Crippen molar-refractivity contribution in [2.45, 2.75) is 45.9 Å². The Hall–Kier alpha value is -1.07. The average Bonchev–Trinajstić information content (AvgIpc) is 2.71. The summed E-state index contributed by atoms with van der Waals surface area (Å²) in [5.41, 5.74) is 1.09. The molecule has 0 aliphatic carbocycles. The number of nitrogens with one attached hydrogen (secondary N) is 1. The maximum atomic E-state index is 12.3. The van der Waals surface area contributed by atoms with Crippen LogP contribution < -0.4 is 10.1 Å². The zero-order chi connectivity index (χ0) is 22.2. The second-order valence-corrected chi connectivity index (χ2v) is 10.9. The van der Waals surface area contributed by atoms with Crippen LogP contribution in [-0.2, 0) is 16.4 Å². The van der Waals surface area contributed by atoms with Crippen LogP contribution in [0.3, 0.4) is 0 Å². The standard InChI is InChI=1S/C22H38N4O3S.HI/c1-6-23-21(26-14-16-30(27,28)22(4,5)18-26)24-17-19-9-11-20(12-10-19)29-15-13-25(7-2)8-3;/h9-12H,6-8,13-18H2,1-5H3,(H,23,24);1H. The number of benzene rings is 1. The van der Waals surface area contributed by atoms with Gasteiger partial charge in [-0.05, 0) is 51.6 Å². The molecule has 1 aromatic carbocycles. The third kappa shape index (κ3) is 8.09. The van der Waals surface area contributed by atoms with E-state index < -0.39 is 14.6 Å². The molecule has 0 bridgehead atoms. The van der Waals surface area contributed by atoms with Gasteiger partial charge in [0.1, 0.15) is 12.4 Å². The Labute approximate surface area is 205 Å². The molecule has 1 aliphatic rings. The maximum Gasteiger partial charge on any atom is 0.194 e. The van der Waals surface area contributed by atoms with Gasteiger partial charge in [0.25, 0.3) is 0 Å². The number of nitrogens with zero attached hydrogens (tertiary/aromatic N) is 3. The second-order valence-electron chi connectivity index (χ2n) is 8.19. The summed E-state index contributed by atoms with van der Waals surface area (Å²) in [6.45, 7) is 15.8. The lowest BCUT2D eigenvalue weighted by molar-refractivity contribution is 0.223. The Morgan fingerprint density at radius 1 is 1.19 bits per heavy atom. The van der Waals surface area contributed by atoms with E-state index in [0.29, 0.717) is 26.2 Å².